The molecule has 108 valence electrons. The number of aryl methyl sites for hydroxylation is 1. The van der Waals surface area contributed by atoms with Gasteiger partial charge in [-0.1, -0.05) is 54.6 Å². The van der Waals surface area contributed by atoms with Crippen molar-refractivity contribution in [1.82, 2.24) is 0 Å². The molecule has 0 spiro atoms. The number of fused-ring (bicyclic) bond motifs is 1. The SMILES string of the molecule is CC(O)(c1ccccc1)C1(O)CCc2ccccc2C1=O. The van der Waals surface area contributed by atoms with Gasteiger partial charge in [-0.05, 0) is 30.9 Å². The minimum absolute atomic E-state index is 0.213. The Morgan fingerprint density at radius 3 is 2.38 bits per heavy atom. The number of rotatable bonds is 2. The molecular formula is C18H18O3. The summed E-state index contributed by atoms with van der Waals surface area (Å²) in [6.07, 6.45) is 0.784. The molecule has 0 aliphatic heterocycles. The van der Waals surface area contributed by atoms with Crippen LogP contribution in [0.2, 0.25) is 0 Å². The molecule has 2 aromatic carbocycles. The normalized spacial score (nSPS) is 24.2. The summed E-state index contributed by atoms with van der Waals surface area (Å²) in [4.78, 5) is 12.7. The van der Waals surface area contributed by atoms with Gasteiger partial charge in [0.1, 0.15) is 5.60 Å². The second-order valence-electron chi connectivity index (χ2n) is 5.78. The minimum atomic E-state index is -1.80. The molecule has 2 atom stereocenters. The van der Waals surface area contributed by atoms with Crippen LogP contribution in [-0.4, -0.2) is 21.6 Å². The molecule has 0 radical (unpaired) electrons. The molecular weight excluding hydrogens is 264 g/mol. The van der Waals surface area contributed by atoms with Gasteiger partial charge in [0.25, 0.3) is 0 Å². The highest BCUT2D eigenvalue weighted by Crippen LogP contribution is 2.41. The predicted molar refractivity (Wildman–Crippen MR) is 80.1 cm³/mol. The maximum atomic E-state index is 12.7. The van der Waals surface area contributed by atoms with Gasteiger partial charge < -0.3 is 10.2 Å². The number of aliphatic hydroxyl groups is 2. The van der Waals surface area contributed by atoms with Crippen molar-refractivity contribution in [1.29, 1.82) is 0 Å². The van der Waals surface area contributed by atoms with Crippen LogP contribution in [-0.2, 0) is 12.0 Å². The first kappa shape index (κ1) is 14.0. The monoisotopic (exact) mass is 282 g/mol. The lowest BCUT2D eigenvalue weighted by atomic mass is 9.68. The largest absolute Gasteiger partial charge is 0.382 e. The first-order valence-corrected chi connectivity index (χ1v) is 7.10. The Kier molecular flexibility index (Phi) is 3.19. The van der Waals surface area contributed by atoms with E-state index in [-0.39, 0.29) is 6.42 Å². The molecule has 0 aromatic heterocycles. The van der Waals surface area contributed by atoms with Crippen LogP contribution in [0.5, 0.6) is 0 Å². The van der Waals surface area contributed by atoms with E-state index in [1.165, 1.54) is 6.92 Å². The second kappa shape index (κ2) is 4.79. The summed E-state index contributed by atoms with van der Waals surface area (Å²) in [5.74, 6) is -0.404. The van der Waals surface area contributed by atoms with Crippen molar-refractivity contribution < 1.29 is 15.0 Å². The molecule has 0 amide bonds. The summed E-state index contributed by atoms with van der Waals surface area (Å²) in [7, 11) is 0. The number of carbonyl (C=O) groups excluding carboxylic acids is 1. The Balaban J connectivity index is 2.08. The molecule has 2 unspecified atom stereocenters. The average molecular weight is 282 g/mol. The topological polar surface area (TPSA) is 57.5 Å². The molecule has 3 rings (SSSR count). The number of benzene rings is 2. The Hall–Kier alpha value is -1.97. The summed E-state index contributed by atoms with van der Waals surface area (Å²) in [5.41, 5.74) is -1.46. The molecule has 1 aliphatic carbocycles. The fourth-order valence-corrected chi connectivity index (χ4v) is 3.08. The zero-order chi connectivity index (χ0) is 15.1. The average Bonchev–Trinajstić information content (AvgIpc) is 2.52. The van der Waals surface area contributed by atoms with Gasteiger partial charge in [0.05, 0.1) is 0 Å². The molecule has 0 saturated heterocycles. The molecule has 0 saturated carbocycles. The third-order valence-electron chi connectivity index (χ3n) is 4.53. The fraction of sp³-hybridized carbons (Fsp3) is 0.278. The van der Waals surface area contributed by atoms with E-state index in [0.717, 1.165) is 5.56 Å². The van der Waals surface area contributed by atoms with Crippen LogP contribution in [0.4, 0.5) is 0 Å². The van der Waals surface area contributed by atoms with Crippen molar-refractivity contribution in [3.8, 4) is 0 Å². The predicted octanol–water partition coefficient (Wildman–Crippen LogP) is 2.45. The van der Waals surface area contributed by atoms with Gasteiger partial charge in [0.2, 0.25) is 0 Å². The zero-order valence-electron chi connectivity index (χ0n) is 11.9. The van der Waals surface area contributed by atoms with Crippen molar-refractivity contribution in [3.63, 3.8) is 0 Å². The van der Waals surface area contributed by atoms with E-state index in [1.54, 1.807) is 36.4 Å². The third-order valence-corrected chi connectivity index (χ3v) is 4.53. The second-order valence-corrected chi connectivity index (χ2v) is 5.78. The summed E-state index contributed by atoms with van der Waals surface area (Å²) >= 11 is 0. The first-order valence-electron chi connectivity index (χ1n) is 7.10. The first-order chi connectivity index (χ1) is 9.97. The van der Waals surface area contributed by atoms with Gasteiger partial charge in [-0.3, -0.25) is 4.79 Å². The summed E-state index contributed by atoms with van der Waals surface area (Å²) in [6.45, 7) is 1.51. The molecule has 2 aromatic rings. The van der Waals surface area contributed by atoms with Crippen LogP contribution in [0.25, 0.3) is 0 Å². The number of hydrogen-bond donors (Lipinski definition) is 2. The van der Waals surface area contributed by atoms with Crippen molar-refractivity contribution in [2.45, 2.75) is 31.0 Å². The standard InChI is InChI=1S/C18H18O3/c1-17(20,14-8-3-2-4-9-14)18(21)12-11-13-7-5-6-10-15(13)16(18)19/h2-10,20-21H,11-12H2,1H3. The highest BCUT2D eigenvalue weighted by molar-refractivity contribution is 6.05. The van der Waals surface area contributed by atoms with Crippen LogP contribution in [0, 0.1) is 0 Å². The minimum Gasteiger partial charge on any atom is -0.382 e. The Morgan fingerprint density at radius 1 is 1.05 bits per heavy atom. The Bertz CT molecular complexity index is 676. The summed E-state index contributed by atoms with van der Waals surface area (Å²) in [5, 5.41) is 21.9. The number of Topliss-reactive ketones (excluding diaryl/α,β-unsaturated/α-hetero) is 1. The third kappa shape index (κ3) is 2.01. The molecule has 3 heteroatoms. The number of carbonyl (C=O) groups is 1. The lowest BCUT2D eigenvalue weighted by Gasteiger charge is -2.43. The van der Waals surface area contributed by atoms with Crippen LogP contribution in [0.1, 0.15) is 34.8 Å². The Morgan fingerprint density at radius 2 is 1.67 bits per heavy atom. The molecule has 0 fully saturated rings. The van der Waals surface area contributed by atoms with Crippen molar-refractivity contribution in [3.05, 3.63) is 71.3 Å². The molecule has 1 aliphatic rings. The van der Waals surface area contributed by atoms with Crippen molar-refractivity contribution in [2.24, 2.45) is 0 Å². The quantitative estimate of drug-likeness (QED) is 0.889. The van der Waals surface area contributed by atoms with Crippen LogP contribution < -0.4 is 0 Å². The number of hydrogen-bond acceptors (Lipinski definition) is 3. The van der Waals surface area contributed by atoms with E-state index >= 15 is 0 Å². The van der Waals surface area contributed by atoms with Gasteiger partial charge in [0.15, 0.2) is 11.4 Å². The smallest absolute Gasteiger partial charge is 0.197 e. The van der Waals surface area contributed by atoms with E-state index in [4.69, 9.17) is 0 Å². The zero-order valence-corrected chi connectivity index (χ0v) is 11.9. The van der Waals surface area contributed by atoms with Gasteiger partial charge >= 0.3 is 0 Å². The van der Waals surface area contributed by atoms with E-state index in [0.29, 0.717) is 17.5 Å². The van der Waals surface area contributed by atoms with Crippen LogP contribution in [0.3, 0.4) is 0 Å². The lowest BCUT2D eigenvalue weighted by Crippen LogP contribution is -2.57. The molecule has 0 bridgehead atoms. The van der Waals surface area contributed by atoms with Gasteiger partial charge in [-0.2, -0.15) is 0 Å². The molecule has 2 N–H and O–H groups in total. The fourth-order valence-electron chi connectivity index (χ4n) is 3.08. The highest BCUT2D eigenvalue weighted by Gasteiger charge is 2.54. The molecule has 3 nitrogen and oxygen atoms in total. The van der Waals surface area contributed by atoms with Gasteiger partial charge in [-0.25, -0.2) is 0 Å². The van der Waals surface area contributed by atoms with Crippen molar-refractivity contribution >= 4 is 5.78 Å². The summed E-state index contributed by atoms with van der Waals surface area (Å²) in [6, 6.07) is 16.1. The maximum Gasteiger partial charge on any atom is 0.197 e. The lowest BCUT2D eigenvalue weighted by molar-refractivity contribution is -0.125. The Labute approximate surface area is 123 Å². The van der Waals surface area contributed by atoms with E-state index in [2.05, 4.69) is 0 Å². The highest BCUT2D eigenvalue weighted by atomic mass is 16.4. The molecule has 0 heterocycles. The maximum absolute atomic E-state index is 12.7. The van der Waals surface area contributed by atoms with Crippen LogP contribution >= 0.6 is 0 Å². The summed E-state index contributed by atoms with van der Waals surface area (Å²) < 4.78 is 0. The van der Waals surface area contributed by atoms with E-state index in [9.17, 15) is 15.0 Å². The van der Waals surface area contributed by atoms with Gasteiger partial charge in [-0.15, -0.1) is 0 Å². The van der Waals surface area contributed by atoms with E-state index < -0.39 is 17.0 Å². The molecule has 21 heavy (non-hydrogen) atoms. The number of ketones is 1. The van der Waals surface area contributed by atoms with Crippen molar-refractivity contribution in [2.75, 3.05) is 0 Å². The van der Waals surface area contributed by atoms with Gasteiger partial charge in [0, 0.05) is 5.56 Å². The van der Waals surface area contributed by atoms with E-state index in [1.807, 2.05) is 18.2 Å². The van der Waals surface area contributed by atoms with Crippen LogP contribution in [0.15, 0.2) is 54.6 Å².